The van der Waals surface area contributed by atoms with E-state index in [4.69, 9.17) is 10.2 Å². The molecule has 90 valence electrons. The van der Waals surface area contributed by atoms with E-state index in [9.17, 15) is 0 Å². The molecule has 16 heavy (non-hydrogen) atoms. The van der Waals surface area contributed by atoms with Gasteiger partial charge in [-0.15, -0.1) is 0 Å². The van der Waals surface area contributed by atoms with Crippen molar-refractivity contribution in [2.24, 2.45) is 5.73 Å². The molecule has 1 unspecified atom stereocenters. The summed E-state index contributed by atoms with van der Waals surface area (Å²) in [7, 11) is 0. The van der Waals surface area contributed by atoms with E-state index >= 15 is 0 Å². The molecule has 3 heteroatoms. The van der Waals surface area contributed by atoms with Crippen molar-refractivity contribution in [3.8, 4) is 0 Å². The van der Waals surface area contributed by atoms with Crippen molar-refractivity contribution in [2.45, 2.75) is 44.7 Å². The maximum atomic E-state index is 5.92. The molecular formula is C13H22N2O. The Labute approximate surface area is 97.6 Å². The molecule has 1 aliphatic carbocycles. The molecule has 0 aromatic carbocycles. The molecule has 1 heterocycles. The molecule has 0 saturated heterocycles. The number of nitrogens with two attached hydrogens (primary N) is 1. The van der Waals surface area contributed by atoms with Crippen molar-refractivity contribution in [2.75, 3.05) is 13.1 Å². The van der Waals surface area contributed by atoms with Crippen LogP contribution >= 0.6 is 0 Å². The summed E-state index contributed by atoms with van der Waals surface area (Å²) >= 11 is 0. The largest absolute Gasteiger partial charge is 0.472 e. The summed E-state index contributed by atoms with van der Waals surface area (Å²) < 4.78 is 5.17. The SMILES string of the molecule is CCCCN(C1CC1)C(CN)c1ccoc1. The maximum Gasteiger partial charge on any atom is 0.0950 e. The standard InChI is InChI=1S/C13H22N2O/c1-2-3-7-15(12-4-5-12)13(9-14)11-6-8-16-10-11/h6,8,10,12-13H,2-5,7,9,14H2,1H3. The second kappa shape index (κ2) is 5.51. The predicted molar refractivity (Wildman–Crippen MR) is 65.1 cm³/mol. The van der Waals surface area contributed by atoms with Gasteiger partial charge in [0.2, 0.25) is 0 Å². The lowest BCUT2D eigenvalue weighted by molar-refractivity contribution is 0.187. The Kier molecular flexibility index (Phi) is 4.02. The average molecular weight is 222 g/mol. The topological polar surface area (TPSA) is 42.4 Å². The fourth-order valence-electron chi connectivity index (χ4n) is 2.27. The first-order valence-electron chi connectivity index (χ1n) is 6.34. The molecule has 1 aliphatic rings. The number of nitrogens with zero attached hydrogens (tertiary/aromatic N) is 1. The lowest BCUT2D eigenvalue weighted by Crippen LogP contribution is -2.36. The molecule has 0 bridgehead atoms. The normalized spacial score (nSPS) is 17.9. The predicted octanol–water partition coefficient (Wildman–Crippen LogP) is 2.54. The van der Waals surface area contributed by atoms with E-state index < -0.39 is 0 Å². The molecule has 3 nitrogen and oxygen atoms in total. The van der Waals surface area contributed by atoms with Crippen molar-refractivity contribution in [3.05, 3.63) is 24.2 Å². The van der Waals surface area contributed by atoms with Gasteiger partial charge in [0.1, 0.15) is 0 Å². The van der Waals surface area contributed by atoms with E-state index in [-0.39, 0.29) is 0 Å². The number of hydrogen-bond donors (Lipinski definition) is 1. The highest BCUT2D eigenvalue weighted by Gasteiger charge is 2.33. The lowest BCUT2D eigenvalue weighted by atomic mass is 10.1. The van der Waals surface area contributed by atoms with E-state index in [0.717, 1.165) is 12.6 Å². The Morgan fingerprint density at radius 2 is 2.38 bits per heavy atom. The van der Waals surface area contributed by atoms with Crippen LogP contribution in [0.15, 0.2) is 23.0 Å². The minimum absolute atomic E-state index is 0.345. The molecule has 1 saturated carbocycles. The van der Waals surface area contributed by atoms with Gasteiger partial charge in [-0.1, -0.05) is 13.3 Å². The molecule has 1 atom stereocenters. The first-order valence-corrected chi connectivity index (χ1v) is 6.34. The fourth-order valence-corrected chi connectivity index (χ4v) is 2.27. The van der Waals surface area contributed by atoms with E-state index in [2.05, 4.69) is 11.8 Å². The smallest absolute Gasteiger partial charge is 0.0950 e. The zero-order valence-corrected chi connectivity index (χ0v) is 10.1. The van der Waals surface area contributed by atoms with Crippen LogP contribution in [0, 0.1) is 0 Å². The van der Waals surface area contributed by atoms with Gasteiger partial charge in [0, 0.05) is 18.2 Å². The molecule has 0 aliphatic heterocycles. The van der Waals surface area contributed by atoms with Gasteiger partial charge < -0.3 is 10.2 Å². The van der Waals surface area contributed by atoms with Crippen molar-refractivity contribution in [1.29, 1.82) is 0 Å². The molecule has 1 aromatic heterocycles. The first kappa shape index (κ1) is 11.7. The van der Waals surface area contributed by atoms with Crippen molar-refractivity contribution < 1.29 is 4.42 Å². The molecule has 0 amide bonds. The second-order valence-electron chi connectivity index (χ2n) is 4.63. The van der Waals surface area contributed by atoms with Gasteiger partial charge in [-0.05, 0) is 31.9 Å². The van der Waals surface area contributed by atoms with Gasteiger partial charge in [0.15, 0.2) is 0 Å². The third-order valence-electron chi connectivity index (χ3n) is 3.34. The van der Waals surface area contributed by atoms with E-state index in [1.54, 1.807) is 6.26 Å². The van der Waals surface area contributed by atoms with Crippen LogP contribution in [0.3, 0.4) is 0 Å². The Morgan fingerprint density at radius 1 is 1.56 bits per heavy atom. The summed E-state index contributed by atoms with van der Waals surface area (Å²) in [5.41, 5.74) is 7.15. The Hall–Kier alpha value is -0.800. The van der Waals surface area contributed by atoms with Gasteiger partial charge in [0.25, 0.3) is 0 Å². The van der Waals surface area contributed by atoms with Crippen LogP contribution < -0.4 is 5.73 Å². The van der Waals surface area contributed by atoms with Gasteiger partial charge in [0.05, 0.1) is 18.6 Å². The summed E-state index contributed by atoms with van der Waals surface area (Å²) in [5, 5.41) is 0. The summed E-state index contributed by atoms with van der Waals surface area (Å²) in [6.45, 7) is 4.08. The first-order chi connectivity index (χ1) is 7.86. The minimum atomic E-state index is 0.345. The third kappa shape index (κ3) is 2.66. The molecule has 2 rings (SSSR count). The van der Waals surface area contributed by atoms with E-state index in [1.807, 2.05) is 12.3 Å². The highest BCUT2D eigenvalue weighted by Crippen LogP contribution is 2.34. The van der Waals surface area contributed by atoms with E-state index in [0.29, 0.717) is 12.6 Å². The third-order valence-corrected chi connectivity index (χ3v) is 3.34. The zero-order valence-electron chi connectivity index (χ0n) is 10.1. The zero-order chi connectivity index (χ0) is 11.4. The molecule has 0 spiro atoms. The van der Waals surface area contributed by atoms with Crippen LogP contribution in [0.25, 0.3) is 0 Å². The quantitative estimate of drug-likeness (QED) is 0.771. The minimum Gasteiger partial charge on any atom is -0.472 e. The van der Waals surface area contributed by atoms with Crippen molar-refractivity contribution >= 4 is 0 Å². The Morgan fingerprint density at radius 3 is 2.88 bits per heavy atom. The monoisotopic (exact) mass is 222 g/mol. The number of furan rings is 1. The van der Waals surface area contributed by atoms with Crippen LogP contribution in [0.2, 0.25) is 0 Å². The van der Waals surface area contributed by atoms with Crippen molar-refractivity contribution in [1.82, 2.24) is 4.90 Å². The van der Waals surface area contributed by atoms with Crippen LogP contribution in [-0.2, 0) is 0 Å². The number of rotatable bonds is 7. The Balaban J connectivity index is 2.03. The summed E-state index contributed by atoms with van der Waals surface area (Å²) in [6, 6.07) is 3.14. The maximum absolute atomic E-state index is 5.92. The summed E-state index contributed by atoms with van der Waals surface area (Å²) in [6.07, 6.45) is 8.73. The molecule has 2 N–H and O–H groups in total. The van der Waals surface area contributed by atoms with Crippen molar-refractivity contribution in [3.63, 3.8) is 0 Å². The Bertz CT molecular complexity index is 293. The van der Waals surface area contributed by atoms with Crippen LogP contribution in [0.1, 0.15) is 44.2 Å². The number of unbranched alkanes of at least 4 members (excludes halogenated alkanes) is 1. The van der Waals surface area contributed by atoms with E-state index in [1.165, 1.54) is 31.2 Å². The van der Waals surface area contributed by atoms with Gasteiger partial charge in [-0.25, -0.2) is 0 Å². The van der Waals surface area contributed by atoms with Gasteiger partial charge in [-0.3, -0.25) is 4.90 Å². The lowest BCUT2D eigenvalue weighted by Gasteiger charge is -2.30. The highest BCUT2D eigenvalue weighted by molar-refractivity contribution is 5.13. The summed E-state index contributed by atoms with van der Waals surface area (Å²) in [5.74, 6) is 0. The fraction of sp³-hybridized carbons (Fsp3) is 0.692. The molecule has 0 radical (unpaired) electrons. The molecule has 1 aromatic rings. The van der Waals surface area contributed by atoms with Gasteiger partial charge >= 0.3 is 0 Å². The molecular weight excluding hydrogens is 200 g/mol. The van der Waals surface area contributed by atoms with Crippen LogP contribution in [0.4, 0.5) is 0 Å². The second-order valence-corrected chi connectivity index (χ2v) is 4.63. The number of hydrogen-bond acceptors (Lipinski definition) is 3. The highest BCUT2D eigenvalue weighted by atomic mass is 16.3. The average Bonchev–Trinajstić information content (AvgIpc) is 3.00. The summed E-state index contributed by atoms with van der Waals surface area (Å²) in [4.78, 5) is 2.56. The molecule has 1 fully saturated rings. The van der Waals surface area contributed by atoms with Gasteiger partial charge in [-0.2, -0.15) is 0 Å². The van der Waals surface area contributed by atoms with Crippen LogP contribution in [0.5, 0.6) is 0 Å². The van der Waals surface area contributed by atoms with Crippen LogP contribution in [-0.4, -0.2) is 24.0 Å².